The van der Waals surface area contributed by atoms with E-state index in [9.17, 15) is 0 Å². The van der Waals surface area contributed by atoms with Crippen molar-refractivity contribution >= 4 is 11.6 Å². The van der Waals surface area contributed by atoms with E-state index < -0.39 is 0 Å². The van der Waals surface area contributed by atoms with Crippen molar-refractivity contribution in [2.45, 2.75) is 40.2 Å². The first-order valence-electron chi connectivity index (χ1n) is 8.10. The molecule has 0 saturated heterocycles. The van der Waals surface area contributed by atoms with Crippen molar-refractivity contribution in [2.24, 2.45) is 0 Å². The molecule has 0 radical (unpaired) electrons. The minimum Gasteiger partial charge on any atom is -0.366 e. The zero-order valence-electron chi connectivity index (χ0n) is 13.8. The normalized spacial score (nSPS) is 10.5. The molecule has 1 N–H and O–H groups in total. The molecule has 0 aliphatic rings. The maximum atomic E-state index is 4.42. The average molecular weight is 298 g/mol. The zero-order chi connectivity index (χ0) is 15.8. The number of nitrogens with zero attached hydrogens (tertiary/aromatic N) is 3. The van der Waals surface area contributed by atoms with Crippen LogP contribution in [0.1, 0.15) is 37.8 Å². The minimum absolute atomic E-state index is 0.782. The number of aromatic nitrogens is 2. The van der Waals surface area contributed by atoms with Gasteiger partial charge in [-0.2, -0.15) is 0 Å². The zero-order valence-corrected chi connectivity index (χ0v) is 13.8. The smallest absolute Gasteiger partial charge is 0.134 e. The van der Waals surface area contributed by atoms with Gasteiger partial charge >= 0.3 is 0 Å². The van der Waals surface area contributed by atoms with Crippen molar-refractivity contribution in [3.63, 3.8) is 0 Å². The largest absolute Gasteiger partial charge is 0.366 e. The molecule has 2 aromatic rings. The van der Waals surface area contributed by atoms with E-state index in [0.717, 1.165) is 44.1 Å². The summed E-state index contributed by atoms with van der Waals surface area (Å²) in [5, 5.41) is 3.40. The van der Waals surface area contributed by atoms with Crippen LogP contribution in [-0.4, -0.2) is 23.1 Å². The van der Waals surface area contributed by atoms with Gasteiger partial charge in [0.2, 0.25) is 0 Å². The van der Waals surface area contributed by atoms with Crippen molar-refractivity contribution in [2.75, 3.05) is 23.3 Å². The van der Waals surface area contributed by atoms with Crippen LogP contribution < -0.4 is 10.2 Å². The third-order valence-corrected chi connectivity index (χ3v) is 3.68. The summed E-state index contributed by atoms with van der Waals surface area (Å²) in [6, 6.07) is 10.5. The fourth-order valence-electron chi connectivity index (χ4n) is 2.49. The molecule has 2 rings (SSSR count). The molecule has 0 spiro atoms. The van der Waals surface area contributed by atoms with Crippen molar-refractivity contribution in [1.82, 2.24) is 9.97 Å². The average Bonchev–Trinajstić information content (AvgIpc) is 2.54. The van der Waals surface area contributed by atoms with E-state index in [1.54, 1.807) is 6.33 Å². The quantitative estimate of drug-likeness (QED) is 0.799. The summed E-state index contributed by atoms with van der Waals surface area (Å²) < 4.78 is 0. The fraction of sp³-hybridized carbons (Fsp3) is 0.444. The molecule has 0 saturated carbocycles. The van der Waals surface area contributed by atoms with Gasteiger partial charge in [0.25, 0.3) is 0 Å². The number of hydrogen-bond donors (Lipinski definition) is 1. The lowest BCUT2D eigenvalue weighted by molar-refractivity contribution is 0.732. The van der Waals surface area contributed by atoms with E-state index >= 15 is 0 Å². The SMILES string of the molecule is CCCN(CCC)c1cc(NCc2ccccc2C)ncn1. The Bertz CT molecular complexity index is 577. The first-order valence-corrected chi connectivity index (χ1v) is 8.10. The standard InChI is InChI=1S/C18H26N4/c1-4-10-22(11-5-2)18-12-17(20-14-21-18)19-13-16-9-7-6-8-15(16)3/h6-9,12,14H,4-5,10-11,13H2,1-3H3,(H,19,20,21). The van der Waals surface area contributed by atoms with Gasteiger partial charge in [-0.15, -0.1) is 0 Å². The highest BCUT2D eigenvalue weighted by molar-refractivity contribution is 5.48. The summed E-state index contributed by atoms with van der Waals surface area (Å²) >= 11 is 0. The van der Waals surface area contributed by atoms with Gasteiger partial charge in [0.05, 0.1) is 0 Å². The summed E-state index contributed by atoms with van der Waals surface area (Å²) in [7, 11) is 0. The summed E-state index contributed by atoms with van der Waals surface area (Å²) in [5.74, 6) is 1.89. The van der Waals surface area contributed by atoms with Crippen LogP contribution in [0.2, 0.25) is 0 Å². The Morgan fingerprint density at radius 3 is 2.45 bits per heavy atom. The Morgan fingerprint density at radius 1 is 1.05 bits per heavy atom. The van der Waals surface area contributed by atoms with Crippen molar-refractivity contribution < 1.29 is 0 Å². The van der Waals surface area contributed by atoms with Crippen molar-refractivity contribution in [3.05, 3.63) is 47.8 Å². The molecule has 0 amide bonds. The van der Waals surface area contributed by atoms with Gasteiger partial charge in [-0.3, -0.25) is 0 Å². The summed E-state index contributed by atoms with van der Waals surface area (Å²) in [5.41, 5.74) is 2.59. The van der Waals surface area contributed by atoms with Crippen molar-refractivity contribution in [1.29, 1.82) is 0 Å². The molecule has 0 bridgehead atoms. The second kappa shape index (κ2) is 8.37. The first kappa shape index (κ1) is 16.3. The van der Waals surface area contributed by atoms with E-state index in [2.05, 4.69) is 65.2 Å². The lowest BCUT2D eigenvalue weighted by Gasteiger charge is -2.22. The summed E-state index contributed by atoms with van der Waals surface area (Å²) in [6.45, 7) is 9.36. The second-order valence-electron chi connectivity index (χ2n) is 5.53. The topological polar surface area (TPSA) is 41.0 Å². The lowest BCUT2D eigenvalue weighted by Crippen LogP contribution is -2.26. The molecule has 118 valence electrons. The molecule has 4 heteroatoms. The number of nitrogens with one attached hydrogen (secondary N) is 1. The van der Waals surface area contributed by atoms with Gasteiger partial charge in [0, 0.05) is 25.7 Å². The van der Waals surface area contributed by atoms with Gasteiger partial charge in [-0.05, 0) is 30.9 Å². The molecule has 0 atom stereocenters. The molecular formula is C18H26N4. The molecule has 1 heterocycles. The number of anilines is 2. The molecule has 0 unspecified atom stereocenters. The maximum absolute atomic E-state index is 4.42. The Labute approximate surface area is 133 Å². The van der Waals surface area contributed by atoms with Crippen LogP contribution in [0.4, 0.5) is 11.6 Å². The van der Waals surface area contributed by atoms with Gasteiger partial charge in [-0.25, -0.2) is 9.97 Å². The molecule has 4 nitrogen and oxygen atoms in total. The second-order valence-corrected chi connectivity index (χ2v) is 5.53. The molecule has 1 aromatic carbocycles. The van der Waals surface area contributed by atoms with Crippen LogP contribution in [0.3, 0.4) is 0 Å². The molecule has 0 fully saturated rings. The van der Waals surface area contributed by atoms with Crippen LogP contribution in [0.5, 0.6) is 0 Å². The fourth-order valence-corrected chi connectivity index (χ4v) is 2.49. The lowest BCUT2D eigenvalue weighted by atomic mass is 10.1. The Kier molecular flexibility index (Phi) is 6.19. The first-order chi connectivity index (χ1) is 10.7. The minimum atomic E-state index is 0.782. The summed E-state index contributed by atoms with van der Waals surface area (Å²) in [6.07, 6.45) is 3.89. The van der Waals surface area contributed by atoms with Gasteiger partial charge in [0.15, 0.2) is 0 Å². The van der Waals surface area contributed by atoms with E-state index in [1.165, 1.54) is 11.1 Å². The maximum Gasteiger partial charge on any atom is 0.134 e. The van der Waals surface area contributed by atoms with Gasteiger partial charge in [0.1, 0.15) is 18.0 Å². The number of rotatable bonds is 8. The van der Waals surface area contributed by atoms with E-state index in [1.807, 2.05) is 6.07 Å². The monoisotopic (exact) mass is 298 g/mol. The molecular weight excluding hydrogens is 272 g/mol. The highest BCUT2D eigenvalue weighted by Gasteiger charge is 2.07. The third-order valence-electron chi connectivity index (χ3n) is 3.68. The van der Waals surface area contributed by atoms with Crippen LogP contribution in [-0.2, 0) is 6.54 Å². The highest BCUT2D eigenvalue weighted by atomic mass is 15.2. The predicted molar refractivity (Wildman–Crippen MR) is 93.3 cm³/mol. The molecule has 22 heavy (non-hydrogen) atoms. The van der Waals surface area contributed by atoms with Crippen LogP contribution in [0.15, 0.2) is 36.7 Å². The van der Waals surface area contributed by atoms with Crippen molar-refractivity contribution in [3.8, 4) is 0 Å². The molecule has 0 aliphatic carbocycles. The van der Waals surface area contributed by atoms with E-state index in [4.69, 9.17) is 0 Å². The Balaban J connectivity index is 2.06. The van der Waals surface area contributed by atoms with Crippen LogP contribution >= 0.6 is 0 Å². The number of benzene rings is 1. The van der Waals surface area contributed by atoms with Gasteiger partial charge < -0.3 is 10.2 Å². The van der Waals surface area contributed by atoms with E-state index in [-0.39, 0.29) is 0 Å². The third kappa shape index (κ3) is 4.45. The number of aryl methyl sites for hydroxylation is 1. The molecule has 1 aromatic heterocycles. The van der Waals surface area contributed by atoms with E-state index in [0.29, 0.717) is 0 Å². The van der Waals surface area contributed by atoms with Crippen LogP contribution in [0.25, 0.3) is 0 Å². The van der Waals surface area contributed by atoms with Gasteiger partial charge in [-0.1, -0.05) is 38.1 Å². The number of hydrogen-bond acceptors (Lipinski definition) is 4. The highest BCUT2D eigenvalue weighted by Crippen LogP contribution is 2.16. The summed E-state index contributed by atoms with van der Waals surface area (Å²) in [4.78, 5) is 11.1. The Hall–Kier alpha value is -2.10. The Morgan fingerprint density at radius 2 is 1.77 bits per heavy atom. The molecule has 0 aliphatic heterocycles. The predicted octanol–water partition coefficient (Wildman–Crippen LogP) is 4.02. The van der Waals surface area contributed by atoms with Crippen LogP contribution in [0, 0.1) is 6.92 Å².